The van der Waals surface area contributed by atoms with Crippen LogP contribution < -0.4 is 5.43 Å². The Morgan fingerprint density at radius 1 is 0.920 bits per heavy atom. The first-order valence-electron chi connectivity index (χ1n) is 10.1. The van der Waals surface area contributed by atoms with Crippen LogP contribution in [0.4, 0.5) is 0 Å². The Morgan fingerprint density at radius 2 is 1.36 bits per heavy atom. The third-order valence-electron chi connectivity index (χ3n) is 4.96. The lowest BCUT2D eigenvalue weighted by molar-refractivity contribution is -0.125. The summed E-state index contributed by atoms with van der Waals surface area (Å²) in [7, 11) is 0. The van der Waals surface area contributed by atoms with Crippen molar-refractivity contribution >= 4 is 18.3 Å². The number of halogens is 1. The molecular formula is C21H43ClN2O. The summed E-state index contributed by atoms with van der Waals surface area (Å²) in [5, 5.41) is 2.11. The van der Waals surface area contributed by atoms with E-state index in [9.17, 15) is 4.79 Å². The lowest BCUT2D eigenvalue weighted by Crippen LogP contribution is -2.54. The zero-order valence-electron chi connectivity index (χ0n) is 17.5. The maximum absolute atomic E-state index is 11.9. The fourth-order valence-electron chi connectivity index (χ4n) is 2.68. The summed E-state index contributed by atoms with van der Waals surface area (Å²) in [5.41, 5.74) is 3.57. The van der Waals surface area contributed by atoms with Crippen LogP contribution in [0.3, 0.4) is 0 Å². The van der Waals surface area contributed by atoms with Crippen LogP contribution in [0.15, 0.2) is 12.2 Å². The molecule has 150 valence electrons. The van der Waals surface area contributed by atoms with E-state index in [-0.39, 0.29) is 23.9 Å². The Hall–Kier alpha value is -0.540. The monoisotopic (exact) mass is 374 g/mol. The maximum Gasteiger partial charge on any atom is 0.260 e. The molecular weight excluding hydrogens is 332 g/mol. The molecule has 0 atom stereocenters. The van der Waals surface area contributed by atoms with Crippen LogP contribution in [0.5, 0.6) is 0 Å². The van der Waals surface area contributed by atoms with Gasteiger partial charge in [0.2, 0.25) is 0 Å². The molecule has 0 spiro atoms. The standard InChI is InChI=1S/C21H42N2O.ClH/c1-7-9-10-11-12-13-14-15-16-17-18-23(21(5,6)8-2)22-20(24)19(3)4;/h3,7-18H2,1-2,4-6H3,(H,22,24);1H. The van der Waals surface area contributed by atoms with Gasteiger partial charge in [0.15, 0.2) is 0 Å². The van der Waals surface area contributed by atoms with Crippen molar-refractivity contribution < 1.29 is 4.79 Å². The average molecular weight is 375 g/mol. The van der Waals surface area contributed by atoms with E-state index in [2.05, 4.69) is 44.7 Å². The van der Waals surface area contributed by atoms with Gasteiger partial charge in [-0.1, -0.05) is 78.2 Å². The molecule has 0 rings (SSSR count). The molecule has 1 amide bonds. The van der Waals surface area contributed by atoms with Gasteiger partial charge in [-0.15, -0.1) is 12.4 Å². The number of nitrogens with one attached hydrogen (secondary N) is 1. The van der Waals surface area contributed by atoms with Gasteiger partial charge in [0.05, 0.1) is 0 Å². The van der Waals surface area contributed by atoms with E-state index in [1.165, 1.54) is 57.8 Å². The predicted molar refractivity (Wildman–Crippen MR) is 113 cm³/mol. The van der Waals surface area contributed by atoms with Gasteiger partial charge >= 0.3 is 0 Å². The molecule has 0 aromatic carbocycles. The van der Waals surface area contributed by atoms with Crippen molar-refractivity contribution in [2.75, 3.05) is 6.54 Å². The second-order valence-electron chi connectivity index (χ2n) is 7.72. The molecule has 0 bridgehead atoms. The van der Waals surface area contributed by atoms with Gasteiger partial charge in [-0.05, 0) is 33.6 Å². The fourth-order valence-corrected chi connectivity index (χ4v) is 2.68. The smallest absolute Gasteiger partial charge is 0.260 e. The van der Waals surface area contributed by atoms with Crippen molar-refractivity contribution in [3.05, 3.63) is 12.2 Å². The summed E-state index contributed by atoms with van der Waals surface area (Å²) in [5.74, 6) is -0.0661. The first-order chi connectivity index (χ1) is 11.3. The van der Waals surface area contributed by atoms with E-state index in [1.807, 2.05) is 0 Å². The Labute approximate surface area is 163 Å². The molecule has 0 heterocycles. The zero-order chi connectivity index (χ0) is 18.4. The molecule has 1 N–H and O–H groups in total. The number of amides is 1. The van der Waals surface area contributed by atoms with E-state index < -0.39 is 0 Å². The van der Waals surface area contributed by atoms with Gasteiger partial charge in [0.1, 0.15) is 0 Å². The van der Waals surface area contributed by atoms with Gasteiger partial charge in [-0.3, -0.25) is 10.2 Å². The SMILES string of the molecule is C=C(C)C(=O)NN(CCCCCCCCCCCC)C(C)(C)CC.Cl. The highest BCUT2D eigenvalue weighted by Gasteiger charge is 2.25. The van der Waals surface area contributed by atoms with Gasteiger partial charge in [0, 0.05) is 17.7 Å². The number of hydrazine groups is 1. The van der Waals surface area contributed by atoms with Gasteiger partial charge in [0.25, 0.3) is 5.91 Å². The van der Waals surface area contributed by atoms with Crippen LogP contribution in [0, 0.1) is 0 Å². The van der Waals surface area contributed by atoms with Crippen molar-refractivity contribution in [2.45, 2.75) is 111 Å². The lowest BCUT2D eigenvalue weighted by atomic mass is 10.0. The van der Waals surface area contributed by atoms with E-state index >= 15 is 0 Å². The molecule has 25 heavy (non-hydrogen) atoms. The van der Waals surface area contributed by atoms with Crippen molar-refractivity contribution in [1.29, 1.82) is 0 Å². The summed E-state index contributed by atoms with van der Waals surface area (Å²) >= 11 is 0. The number of unbranched alkanes of at least 4 members (excludes halogenated alkanes) is 9. The molecule has 0 aliphatic rings. The number of nitrogens with zero attached hydrogens (tertiary/aromatic N) is 1. The quantitative estimate of drug-likeness (QED) is 0.203. The van der Waals surface area contributed by atoms with Gasteiger partial charge in [-0.2, -0.15) is 0 Å². The number of rotatable bonds is 15. The van der Waals surface area contributed by atoms with Crippen LogP contribution in [-0.4, -0.2) is 23.0 Å². The summed E-state index contributed by atoms with van der Waals surface area (Å²) in [6.07, 6.45) is 14.3. The van der Waals surface area contributed by atoms with E-state index in [4.69, 9.17) is 0 Å². The topological polar surface area (TPSA) is 32.3 Å². The first-order valence-corrected chi connectivity index (χ1v) is 10.1. The molecule has 0 saturated carbocycles. The molecule has 0 unspecified atom stereocenters. The van der Waals surface area contributed by atoms with Crippen molar-refractivity contribution in [3.63, 3.8) is 0 Å². The van der Waals surface area contributed by atoms with Gasteiger partial charge in [-0.25, -0.2) is 5.01 Å². The second kappa shape index (κ2) is 15.7. The van der Waals surface area contributed by atoms with Crippen LogP contribution in [0.2, 0.25) is 0 Å². The highest BCUT2D eigenvalue weighted by molar-refractivity contribution is 5.91. The third-order valence-corrected chi connectivity index (χ3v) is 4.96. The number of carbonyl (C=O) groups excluding carboxylic acids is 1. The minimum Gasteiger partial charge on any atom is -0.285 e. The Balaban J connectivity index is 0. The highest BCUT2D eigenvalue weighted by atomic mass is 35.5. The molecule has 0 aromatic rings. The predicted octanol–water partition coefficient (Wildman–Crippen LogP) is 6.43. The molecule has 4 heteroatoms. The molecule has 0 saturated heterocycles. The molecule has 0 fully saturated rings. The Bertz CT molecular complexity index is 356. The normalized spacial score (nSPS) is 11.3. The Kier molecular flexibility index (Phi) is 16.8. The number of hydrogen-bond donors (Lipinski definition) is 1. The molecule has 3 nitrogen and oxygen atoms in total. The van der Waals surface area contributed by atoms with Crippen molar-refractivity contribution in [1.82, 2.24) is 10.4 Å². The second-order valence-corrected chi connectivity index (χ2v) is 7.72. The molecule has 0 aromatic heterocycles. The minimum absolute atomic E-state index is 0. The van der Waals surface area contributed by atoms with E-state index in [1.54, 1.807) is 6.92 Å². The summed E-state index contributed by atoms with van der Waals surface area (Å²) in [6, 6.07) is 0. The first kappa shape index (κ1) is 26.7. The number of carbonyl (C=O) groups is 1. The summed E-state index contributed by atoms with van der Waals surface area (Å²) < 4.78 is 0. The van der Waals surface area contributed by atoms with E-state index in [0.29, 0.717) is 5.57 Å². The highest BCUT2D eigenvalue weighted by Crippen LogP contribution is 2.18. The van der Waals surface area contributed by atoms with Crippen LogP contribution in [0.25, 0.3) is 0 Å². The summed E-state index contributed by atoms with van der Waals surface area (Å²) in [4.78, 5) is 11.9. The zero-order valence-corrected chi connectivity index (χ0v) is 18.3. The fraction of sp³-hybridized carbons (Fsp3) is 0.857. The Morgan fingerprint density at radius 3 is 1.76 bits per heavy atom. The van der Waals surface area contributed by atoms with E-state index in [0.717, 1.165) is 19.4 Å². The van der Waals surface area contributed by atoms with Crippen molar-refractivity contribution in [2.24, 2.45) is 0 Å². The molecule has 0 aliphatic carbocycles. The van der Waals surface area contributed by atoms with Gasteiger partial charge < -0.3 is 0 Å². The average Bonchev–Trinajstić information content (AvgIpc) is 2.54. The lowest BCUT2D eigenvalue weighted by Gasteiger charge is -2.38. The molecule has 0 radical (unpaired) electrons. The maximum atomic E-state index is 11.9. The van der Waals surface area contributed by atoms with Crippen LogP contribution in [0.1, 0.15) is 105 Å². The minimum atomic E-state index is -0.0661. The number of hydrogen-bond acceptors (Lipinski definition) is 2. The molecule has 0 aliphatic heterocycles. The largest absolute Gasteiger partial charge is 0.285 e. The summed E-state index contributed by atoms with van der Waals surface area (Å²) in [6.45, 7) is 15.2. The third kappa shape index (κ3) is 13.3. The van der Waals surface area contributed by atoms with Crippen LogP contribution in [-0.2, 0) is 4.79 Å². The van der Waals surface area contributed by atoms with Crippen molar-refractivity contribution in [3.8, 4) is 0 Å². The van der Waals surface area contributed by atoms with Crippen LogP contribution >= 0.6 is 12.4 Å².